The number of nitrogens with one attached hydrogen (secondary N) is 1. The zero-order valence-electron chi connectivity index (χ0n) is 9.61. The van der Waals surface area contributed by atoms with Crippen molar-refractivity contribution in [1.82, 2.24) is 5.32 Å². The molecule has 90 valence electrons. The van der Waals surface area contributed by atoms with Crippen molar-refractivity contribution in [3.05, 3.63) is 0 Å². The number of unbranched alkanes of at least 4 members (excludes halogenated alkanes) is 1. The fourth-order valence-electron chi connectivity index (χ4n) is 1.17. The second-order valence-corrected chi connectivity index (χ2v) is 3.95. The molecule has 0 rings (SSSR count). The zero-order chi connectivity index (χ0) is 11.7. The number of nitrogens with zero attached hydrogens (tertiary/aromatic N) is 1. The van der Waals surface area contributed by atoms with Crippen LogP contribution in [-0.4, -0.2) is 35.3 Å². The first-order chi connectivity index (χ1) is 7.11. The van der Waals surface area contributed by atoms with E-state index in [0.717, 1.165) is 19.4 Å². The smallest absolute Gasteiger partial charge is 0.139 e. The molecule has 2 atom stereocenters. The van der Waals surface area contributed by atoms with Crippen molar-refractivity contribution in [2.75, 3.05) is 13.2 Å². The Bertz CT molecular complexity index is 186. The van der Waals surface area contributed by atoms with Crippen molar-refractivity contribution in [3.63, 3.8) is 0 Å². The van der Waals surface area contributed by atoms with Gasteiger partial charge in [-0.15, -0.1) is 0 Å². The summed E-state index contributed by atoms with van der Waals surface area (Å²) in [5.74, 6) is 0.556. The third-order valence-corrected chi connectivity index (χ3v) is 2.60. The van der Waals surface area contributed by atoms with Crippen molar-refractivity contribution in [1.29, 1.82) is 0 Å². The van der Waals surface area contributed by atoms with Gasteiger partial charge in [-0.05, 0) is 32.2 Å². The first kappa shape index (κ1) is 14.2. The Hall–Kier alpha value is -0.810. The van der Waals surface area contributed by atoms with Crippen LogP contribution in [0, 0.1) is 5.92 Å². The van der Waals surface area contributed by atoms with E-state index in [2.05, 4.69) is 17.4 Å². The van der Waals surface area contributed by atoms with Gasteiger partial charge in [0.1, 0.15) is 5.84 Å². The van der Waals surface area contributed by atoms with Crippen molar-refractivity contribution in [2.45, 2.75) is 39.2 Å². The summed E-state index contributed by atoms with van der Waals surface area (Å²) in [6, 6.07) is 0.318. The lowest BCUT2D eigenvalue weighted by Crippen LogP contribution is -2.34. The van der Waals surface area contributed by atoms with Gasteiger partial charge in [-0.3, -0.25) is 0 Å². The van der Waals surface area contributed by atoms with E-state index in [-0.39, 0.29) is 18.4 Å². The van der Waals surface area contributed by atoms with Crippen LogP contribution in [-0.2, 0) is 0 Å². The average molecular weight is 217 g/mol. The summed E-state index contributed by atoms with van der Waals surface area (Å²) in [6.07, 6.45) is 2.52. The molecular weight excluding hydrogens is 194 g/mol. The van der Waals surface area contributed by atoms with Crippen LogP contribution in [0.1, 0.15) is 33.1 Å². The van der Waals surface area contributed by atoms with Gasteiger partial charge in [0, 0.05) is 19.1 Å². The highest BCUT2D eigenvalue weighted by molar-refractivity contribution is 5.79. The number of aliphatic hydroxyl groups excluding tert-OH is 1. The summed E-state index contributed by atoms with van der Waals surface area (Å²) in [6.45, 7) is 5.17. The molecule has 0 spiro atoms. The van der Waals surface area contributed by atoms with Gasteiger partial charge in [0.05, 0.1) is 0 Å². The van der Waals surface area contributed by atoms with Gasteiger partial charge in [0.25, 0.3) is 0 Å². The molecule has 0 radical (unpaired) electrons. The first-order valence-corrected chi connectivity index (χ1v) is 5.42. The molecule has 2 unspecified atom stereocenters. The summed E-state index contributed by atoms with van der Waals surface area (Å²) in [5.41, 5.74) is 5.33. The molecule has 5 heteroatoms. The number of nitrogens with two attached hydrogens (primary N) is 1. The molecule has 0 aromatic heterocycles. The van der Waals surface area contributed by atoms with E-state index < -0.39 is 0 Å². The maximum absolute atomic E-state index is 8.91. The Morgan fingerprint density at radius 2 is 2.07 bits per heavy atom. The van der Waals surface area contributed by atoms with Crippen LogP contribution in [0.15, 0.2) is 5.16 Å². The number of hydrogen-bond acceptors (Lipinski definition) is 4. The Morgan fingerprint density at radius 1 is 1.40 bits per heavy atom. The number of amidine groups is 1. The standard InChI is InChI=1S/C10H23N3O2/c1-8(7-14)9(2)12-6-4-3-5-10(11)13-15/h8-9,12,14-15H,3-7H2,1-2H3,(H2,11,13). The van der Waals surface area contributed by atoms with E-state index in [0.29, 0.717) is 12.5 Å². The molecule has 0 aliphatic heterocycles. The number of rotatable bonds is 8. The van der Waals surface area contributed by atoms with Crippen LogP contribution in [0.2, 0.25) is 0 Å². The molecule has 5 nitrogen and oxygen atoms in total. The lowest BCUT2D eigenvalue weighted by Gasteiger charge is -2.19. The summed E-state index contributed by atoms with van der Waals surface area (Å²) in [7, 11) is 0. The van der Waals surface area contributed by atoms with Crippen LogP contribution in [0.4, 0.5) is 0 Å². The van der Waals surface area contributed by atoms with Gasteiger partial charge in [0.15, 0.2) is 0 Å². The largest absolute Gasteiger partial charge is 0.409 e. The van der Waals surface area contributed by atoms with Crippen LogP contribution in [0.5, 0.6) is 0 Å². The highest BCUT2D eigenvalue weighted by Crippen LogP contribution is 2.01. The summed E-state index contributed by atoms with van der Waals surface area (Å²) < 4.78 is 0. The first-order valence-electron chi connectivity index (χ1n) is 5.42. The predicted molar refractivity (Wildman–Crippen MR) is 61.0 cm³/mol. The van der Waals surface area contributed by atoms with Crippen LogP contribution in [0.3, 0.4) is 0 Å². The number of hydrogen-bond donors (Lipinski definition) is 4. The van der Waals surface area contributed by atoms with Gasteiger partial charge < -0.3 is 21.4 Å². The minimum absolute atomic E-state index is 0.207. The second-order valence-electron chi connectivity index (χ2n) is 3.95. The monoisotopic (exact) mass is 217 g/mol. The van der Waals surface area contributed by atoms with E-state index in [1.807, 2.05) is 6.92 Å². The molecule has 0 aliphatic carbocycles. The second kappa shape index (κ2) is 8.49. The summed E-state index contributed by atoms with van der Waals surface area (Å²) in [5, 5.41) is 23.4. The lowest BCUT2D eigenvalue weighted by atomic mass is 10.1. The van der Waals surface area contributed by atoms with E-state index in [4.69, 9.17) is 16.0 Å². The van der Waals surface area contributed by atoms with Crippen LogP contribution >= 0.6 is 0 Å². The molecule has 0 aliphatic rings. The summed E-state index contributed by atoms with van der Waals surface area (Å²) in [4.78, 5) is 0. The van der Waals surface area contributed by atoms with Gasteiger partial charge in [-0.1, -0.05) is 12.1 Å². The van der Waals surface area contributed by atoms with E-state index >= 15 is 0 Å². The van der Waals surface area contributed by atoms with Crippen LogP contribution < -0.4 is 11.1 Å². The molecule has 0 aromatic carbocycles. The fourth-order valence-corrected chi connectivity index (χ4v) is 1.17. The number of oxime groups is 1. The molecule has 0 amide bonds. The molecule has 0 saturated heterocycles. The molecule has 0 fully saturated rings. The molecular formula is C10H23N3O2. The Kier molecular flexibility index (Phi) is 8.04. The summed E-state index contributed by atoms with van der Waals surface area (Å²) >= 11 is 0. The van der Waals surface area contributed by atoms with E-state index in [1.54, 1.807) is 0 Å². The highest BCUT2D eigenvalue weighted by Gasteiger charge is 2.09. The Labute approximate surface area is 91.4 Å². The SMILES string of the molecule is CC(CO)C(C)NCCCCC(N)=NO. The lowest BCUT2D eigenvalue weighted by molar-refractivity contribution is 0.207. The van der Waals surface area contributed by atoms with Crippen molar-refractivity contribution in [3.8, 4) is 0 Å². The van der Waals surface area contributed by atoms with Gasteiger partial charge in [-0.25, -0.2) is 0 Å². The normalized spacial score (nSPS) is 16.3. The maximum Gasteiger partial charge on any atom is 0.139 e. The third-order valence-electron chi connectivity index (χ3n) is 2.60. The molecule has 0 bridgehead atoms. The molecule has 0 heterocycles. The quantitative estimate of drug-likeness (QED) is 0.157. The third kappa shape index (κ3) is 7.16. The average Bonchev–Trinajstić information content (AvgIpc) is 2.26. The molecule has 0 aromatic rings. The predicted octanol–water partition coefficient (Wildman–Crippen LogP) is 0.510. The van der Waals surface area contributed by atoms with E-state index in [1.165, 1.54) is 0 Å². The van der Waals surface area contributed by atoms with Crippen molar-refractivity contribution in [2.24, 2.45) is 16.8 Å². The van der Waals surface area contributed by atoms with Gasteiger partial charge in [0.2, 0.25) is 0 Å². The number of aliphatic hydroxyl groups is 1. The van der Waals surface area contributed by atoms with E-state index in [9.17, 15) is 0 Å². The molecule has 5 N–H and O–H groups in total. The fraction of sp³-hybridized carbons (Fsp3) is 0.900. The minimum atomic E-state index is 0.207. The highest BCUT2D eigenvalue weighted by atomic mass is 16.4. The van der Waals surface area contributed by atoms with Crippen molar-refractivity contribution < 1.29 is 10.3 Å². The molecule has 0 saturated carbocycles. The minimum Gasteiger partial charge on any atom is -0.409 e. The maximum atomic E-state index is 8.91. The zero-order valence-corrected chi connectivity index (χ0v) is 9.61. The van der Waals surface area contributed by atoms with Gasteiger partial charge in [-0.2, -0.15) is 0 Å². The van der Waals surface area contributed by atoms with Gasteiger partial charge >= 0.3 is 0 Å². The topological polar surface area (TPSA) is 90.9 Å². The van der Waals surface area contributed by atoms with Crippen molar-refractivity contribution >= 4 is 5.84 Å². The Morgan fingerprint density at radius 3 is 2.60 bits per heavy atom. The van der Waals surface area contributed by atoms with Crippen LogP contribution in [0.25, 0.3) is 0 Å². The Balaban J connectivity index is 3.38. The molecule has 15 heavy (non-hydrogen) atoms.